The van der Waals surface area contributed by atoms with Crippen LogP contribution < -0.4 is 4.74 Å². The van der Waals surface area contributed by atoms with E-state index in [9.17, 15) is 4.79 Å². The summed E-state index contributed by atoms with van der Waals surface area (Å²) in [5, 5.41) is 0.225. The third kappa shape index (κ3) is 1.74. The highest BCUT2D eigenvalue weighted by Crippen LogP contribution is 2.27. The fourth-order valence-electron chi connectivity index (χ4n) is 1.63. The maximum absolute atomic E-state index is 11.2. The van der Waals surface area contributed by atoms with Crippen molar-refractivity contribution in [2.24, 2.45) is 0 Å². The molecule has 0 fully saturated rings. The van der Waals surface area contributed by atoms with Crippen LogP contribution in [0.5, 0.6) is 5.75 Å². The lowest BCUT2D eigenvalue weighted by Gasteiger charge is -2.07. The molecule has 0 N–H and O–H groups in total. The second-order valence-electron chi connectivity index (χ2n) is 3.44. The number of aromatic nitrogens is 1. The molecule has 0 aliphatic heterocycles. The maximum Gasteiger partial charge on any atom is 0.253 e. The average Bonchev–Trinajstić information content (AvgIpc) is 2.27. The molecule has 16 heavy (non-hydrogen) atoms. The number of methoxy groups -OCH3 is 1. The third-order valence-electron chi connectivity index (χ3n) is 2.39. The fourth-order valence-corrected chi connectivity index (χ4v) is 1.79. The van der Waals surface area contributed by atoms with Gasteiger partial charge < -0.3 is 4.74 Å². The molecule has 0 saturated heterocycles. The molecule has 0 atom stereocenters. The SMILES string of the molecule is COc1ccc(C(=O)Cl)c2ccc(C)nc12. The molecule has 3 nitrogen and oxygen atoms in total. The number of carbonyl (C=O) groups excluding carboxylic acids is 1. The van der Waals surface area contributed by atoms with Crippen molar-refractivity contribution in [2.45, 2.75) is 6.92 Å². The Morgan fingerprint density at radius 1 is 1.31 bits per heavy atom. The second kappa shape index (κ2) is 4.10. The first kappa shape index (κ1) is 10.9. The molecule has 1 heterocycles. The number of halogens is 1. The lowest BCUT2D eigenvalue weighted by Crippen LogP contribution is -1.96. The van der Waals surface area contributed by atoms with Gasteiger partial charge in [-0.05, 0) is 36.7 Å². The van der Waals surface area contributed by atoms with Gasteiger partial charge in [0.05, 0.1) is 7.11 Å². The van der Waals surface area contributed by atoms with Crippen LogP contribution in [0.2, 0.25) is 0 Å². The fraction of sp³-hybridized carbons (Fsp3) is 0.167. The predicted molar refractivity (Wildman–Crippen MR) is 63.2 cm³/mol. The van der Waals surface area contributed by atoms with E-state index < -0.39 is 5.24 Å². The molecule has 0 radical (unpaired) electrons. The smallest absolute Gasteiger partial charge is 0.253 e. The summed E-state index contributed by atoms with van der Waals surface area (Å²) in [6.07, 6.45) is 0. The summed E-state index contributed by atoms with van der Waals surface area (Å²) >= 11 is 5.51. The van der Waals surface area contributed by atoms with Crippen LogP contribution in [0, 0.1) is 6.92 Å². The Balaban J connectivity index is 2.85. The van der Waals surface area contributed by atoms with E-state index in [2.05, 4.69) is 4.98 Å². The van der Waals surface area contributed by atoms with Crippen molar-refractivity contribution in [1.29, 1.82) is 0 Å². The van der Waals surface area contributed by atoms with Crippen molar-refractivity contribution in [3.05, 3.63) is 35.5 Å². The van der Waals surface area contributed by atoms with Crippen molar-refractivity contribution in [2.75, 3.05) is 7.11 Å². The first-order chi connectivity index (χ1) is 7.63. The summed E-state index contributed by atoms with van der Waals surface area (Å²) in [5.41, 5.74) is 1.98. The van der Waals surface area contributed by atoms with Crippen molar-refractivity contribution in [3.63, 3.8) is 0 Å². The molecule has 0 aliphatic rings. The average molecular weight is 236 g/mol. The van der Waals surface area contributed by atoms with Crippen LogP contribution in [-0.4, -0.2) is 17.3 Å². The molecule has 82 valence electrons. The van der Waals surface area contributed by atoms with Gasteiger partial charge in [-0.15, -0.1) is 0 Å². The summed E-state index contributed by atoms with van der Waals surface area (Å²) in [6, 6.07) is 7.01. The molecular formula is C12H10ClNO2. The highest BCUT2D eigenvalue weighted by molar-refractivity contribution is 6.68. The lowest BCUT2D eigenvalue weighted by molar-refractivity contribution is 0.108. The van der Waals surface area contributed by atoms with E-state index in [0.29, 0.717) is 22.2 Å². The summed E-state index contributed by atoms with van der Waals surface area (Å²) in [4.78, 5) is 15.6. The van der Waals surface area contributed by atoms with Crippen LogP contribution in [0.1, 0.15) is 16.1 Å². The number of benzene rings is 1. The molecule has 0 amide bonds. The third-order valence-corrected chi connectivity index (χ3v) is 2.59. The van der Waals surface area contributed by atoms with Crippen LogP contribution in [-0.2, 0) is 0 Å². The van der Waals surface area contributed by atoms with Crippen molar-refractivity contribution < 1.29 is 9.53 Å². The Hall–Kier alpha value is -1.61. The van der Waals surface area contributed by atoms with Gasteiger partial charge in [-0.1, -0.05) is 6.07 Å². The van der Waals surface area contributed by atoms with Gasteiger partial charge in [-0.2, -0.15) is 0 Å². The first-order valence-corrected chi connectivity index (χ1v) is 5.15. The molecule has 0 unspecified atom stereocenters. The Bertz CT molecular complexity index is 566. The van der Waals surface area contributed by atoms with E-state index in [1.807, 2.05) is 19.1 Å². The van der Waals surface area contributed by atoms with Crippen LogP contribution >= 0.6 is 11.6 Å². The zero-order valence-electron chi connectivity index (χ0n) is 8.95. The van der Waals surface area contributed by atoms with E-state index in [0.717, 1.165) is 5.69 Å². The molecule has 0 bridgehead atoms. The van der Waals surface area contributed by atoms with Crippen LogP contribution in [0.25, 0.3) is 10.9 Å². The molecule has 2 rings (SSSR count). The van der Waals surface area contributed by atoms with E-state index in [4.69, 9.17) is 16.3 Å². The normalized spacial score (nSPS) is 10.4. The number of carbonyl (C=O) groups is 1. The Kier molecular flexibility index (Phi) is 2.79. The van der Waals surface area contributed by atoms with Gasteiger partial charge in [0.1, 0.15) is 11.3 Å². The molecule has 0 spiro atoms. The van der Waals surface area contributed by atoms with Gasteiger partial charge in [0, 0.05) is 16.6 Å². The van der Waals surface area contributed by atoms with Gasteiger partial charge in [0.2, 0.25) is 0 Å². The number of pyridine rings is 1. The predicted octanol–water partition coefficient (Wildman–Crippen LogP) is 2.93. The van der Waals surface area contributed by atoms with Crippen LogP contribution in [0.4, 0.5) is 0 Å². The summed E-state index contributed by atoms with van der Waals surface area (Å²) in [5.74, 6) is 0.639. The van der Waals surface area contributed by atoms with Gasteiger partial charge in [-0.25, -0.2) is 4.98 Å². The molecule has 0 saturated carbocycles. The molecule has 1 aromatic heterocycles. The monoisotopic (exact) mass is 235 g/mol. The van der Waals surface area contributed by atoms with Gasteiger partial charge in [0.25, 0.3) is 5.24 Å². The van der Waals surface area contributed by atoms with E-state index in [1.54, 1.807) is 19.2 Å². The minimum absolute atomic E-state index is 0.449. The summed E-state index contributed by atoms with van der Waals surface area (Å²) in [7, 11) is 1.57. The number of nitrogens with zero attached hydrogens (tertiary/aromatic N) is 1. The van der Waals surface area contributed by atoms with E-state index in [1.165, 1.54) is 0 Å². The van der Waals surface area contributed by atoms with Crippen molar-refractivity contribution in [1.82, 2.24) is 4.98 Å². The number of aryl methyl sites for hydroxylation is 1. The van der Waals surface area contributed by atoms with Crippen LogP contribution in [0.3, 0.4) is 0 Å². The number of hydrogen-bond donors (Lipinski definition) is 0. The lowest BCUT2D eigenvalue weighted by atomic mass is 10.1. The van der Waals surface area contributed by atoms with Gasteiger partial charge in [-0.3, -0.25) is 4.79 Å². The maximum atomic E-state index is 11.2. The number of fused-ring (bicyclic) bond motifs is 1. The minimum Gasteiger partial charge on any atom is -0.494 e. The molecule has 2 aromatic rings. The molecule has 0 aliphatic carbocycles. The second-order valence-corrected chi connectivity index (χ2v) is 3.78. The standard InChI is InChI=1S/C12H10ClNO2/c1-7-3-4-8-9(12(13)15)5-6-10(16-2)11(8)14-7/h3-6H,1-2H3. The van der Waals surface area contributed by atoms with Crippen molar-refractivity contribution >= 4 is 27.7 Å². The molecule has 4 heteroatoms. The Morgan fingerprint density at radius 2 is 2.06 bits per heavy atom. The summed E-state index contributed by atoms with van der Waals surface area (Å²) < 4.78 is 5.20. The first-order valence-electron chi connectivity index (χ1n) is 4.77. The topological polar surface area (TPSA) is 39.2 Å². The highest BCUT2D eigenvalue weighted by Gasteiger charge is 2.11. The Morgan fingerprint density at radius 3 is 2.69 bits per heavy atom. The number of rotatable bonds is 2. The van der Waals surface area contributed by atoms with Crippen LogP contribution in [0.15, 0.2) is 24.3 Å². The largest absolute Gasteiger partial charge is 0.494 e. The molecule has 1 aromatic carbocycles. The minimum atomic E-state index is -0.488. The molecular weight excluding hydrogens is 226 g/mol. The zero-order chi connectivity index (χ0) is 11.7. The summed E-state index contributed by atoms with van der Waals surface area (Å²) in [6.45, 7) is 1.88. The van der Waals surface area contributed by atoms with Gasteiger partial charge in [0.15, 0.2) is 0 Å². The van der Waals surface area contributed by atoms with E-state index >= 15 is 0 Å². The van der Waals surface area contributed by atoms with Gasteiger partial charge >= 0.3 is 0 Å². The highest BCUT2D eigenvalue weighted by atomic mass is 35.5. The Labute approximate surface area is 98.0 Å². The number of ether oxygens (including phenoxy) is 1. The number of hydrogen-bond acceptors (Lipinski definition) is 3. The van der Waals surface area contributed by atoms with E-state index in [-0.39, 0.29) is 0 Å². The zero-order valence-corrected chi connectivity index (χ0v) is 9.71. The quantitative estimate of drug-likeness (QED) is 0.752. The van der Waals surface area contributed by atoms with Crippen molar-refractivity contribution in [3.8, 4) is 5.75 Å².